The number of hydrogen-bond donors (Lipinski definition) is 3. The normalized spacial score (nSPS) is 13.9. The monoisotopic (exact) mass is 334 g/mol. The van der Waals surface area contributed by atoms with Crippen LogP contribution in [0.5, 0.6) is 5.75 Å². The minimum absolute atomic E-state index is 0.0527. The molecule has 1 amide bonds. The third-order valence-electron chi connectivity index (χ3n) is 2.55. The Morgan fingerprint density at radius 1 is 1.48 bits per heavy atom. The molecule has 0 aliphatic carbocycles. The van der Waals surface area contributed by atoms with Gasteiger partial charge in [0, 0.05) is 6.07 Å². The first-order valence-corrected chi connectivity index (χ1v) is 7.78. The molecule has 2 rings (SSSR count). The molecule has 0 atom stereocenters. The van der Waals surface area contributed by atoms with Gasteiger partial charge >= 0.3 is 5.97 Å². The third kappa shape index (κ3) is 3.99. The molecule has 0 spiro atoms. The van der Waals surface area contributed by atoms with Gasteiger partial charge in [0.05, 0.1) is 28.6 Å². The Morgan fingerprint density at radius 2 is 2.19 bits per heavy atom. The molecule has 1 heterocycles. The Labute approximate surface area is 125 Å². The molecule has 8 nitrogen and oxygen atoms in total. The van der Waals surface area contributed by atoms with Crippen LogP contribution in [0.1, 0.15) is 6.42 Å². The van der Waals surface area contributed by atoms with Crippen LogP contribution in [-0.2, 0) is 19.6 Å². The molecule has 1 aromatic rings. The number of anilines is 2. The molecular formula is C11H11ClN2O6S. The molecule has 0 aromatic heterocycles. The number of amides is 1. The molecule has 0 bridgehead atoms. The summed E-state index contributed by atoms with van der Waals surface area (Å²) in [5.74, 6) is -1.86. The molecule has 114 valence electrons. The molecule has 1 aromatic carbocycles. The van der Waals surface area contributed by atoms with Gasteiger partial charge in [-0.2, -0.15) is 0 Å². The molecule has 21 heavy (non-hydrogen) atoms. The Bertz CT molecular complexity index is 703. The molecular weight excluding hydrogens is 324 g/mol. The van der Waals surface area contributed by atoms with Crippen LogP contribution in [-0.4, -0.2) is 37.8 Å². The zero-order chi connectivity index (χ0) is 15.6. The fraction of sp³-hybridized carbons (Fsp3) is 0.273. The molecule has 1 aliphatic rings. The second-order valence-electron chi connectivity index (χ2n) is 4.23. The van der Waals surface area contributed by atoms with E-state index in [0.717, 1.165) is 0 Å². The van der Waals surface area contributed by atoms with E-state index in [2.05, 4.69) is 10.0 Å². The first-order valence-electron chi connectivity index (χ1n) is 5.75. The highest BCUT2D eigenvalue weighted by Gasteiger charge is 2.20. The number of carboxylic acids is 1. The lowest BCUT2D eigenvalue weighted by atomic mass is 10.2. The number of hydrogen-bond acceptors (Lipinski definition) is 5. The van der Waals surface area contributed by atoms with Crippen LogP contribution in [0.15, 0.2) is 12.1 Å². The lowest BCUT2D eigenvalue weighted by molar-refractivity contribution is -0.136. The molecule has 1 aliphatic heterocycles. The largest absolute Gasteiger partial charge is 0.482 e. The van der Waals surface area contributed by atoms with Crippen LogP contribution in [0.3, 0.4) is 0 Å². The fourth-order valence-corrected chi connectivity index (χ4v) is 2.93. The molecule has 10 heteroatoms. The number of carbonyl (C=O) groups is 2. The molecule has 0 unspecified atom stereocenters. The second kappa shape index (κ2) is 5.78. The predicted octanol–water partition coefficient (Wildman–Crippen LogP) is 0.887. The van der Waals surface area contributed by atoms with E-state index in [1.807, 2.05) is 0 Å². The average molecular weight is 335 g/mol. The number of carboxylic acid groups (broad SMARTS) is 1. The summed E-state index contributed by atoms with van der Waals surface area (Å²) in [7, 11) is -3.85. The summed E-state index contributed by atoms with van der Waals surface area (Å²) < 4.78 is 30.8. The number of halogens is 1. The van der Waals surface area contributed by atoms with E-state index < -0.39 is 28.2 Å². The average Bonchev–Trinajstić information content (AvgIpc) is 2.37. The number of sulfonamides is 1. The van der Waals surface area contributed by atoms with E-state index in [1.54, 1.807) is 0 Å². The topological polar surface area (TPSA) is 122 Å². The summed E-state index contributed by atoms with van der Waals surface area (Å²) >= 11 is 5.93. The van der Waals surface area contributed by atoms with Crippen molar-refractivity contribution in [3.63, 3.8) is 0 Å². The maximum atomic E-state index is 11.7. The fourth-order valence-electron chi connectivity index (χ4n) is 1.62. The van der Waals surface area contributed by atoms with Gasteiger partial charge in [0.2, 0.25) is 10.0 Å². The van der Waals surface area contributed by atoms with E-state index in [0.29, 0.717) is 5.69 Å². The summed E-state index contributed by atoms with van der Waals surface area (Å²) in [5, 5.41) is 11.1. The summed E-state index contributed by atoms with van der Waals surface area (Å²) in [6.45, 7) is -0.181. The number of fused-ring (bicyclic) bond motifs is 1. The van der Waals surface area contributed by atoms with Gasteiger partial charge in [-0.1, -0.05) is 11.6 Å². The van der Waals surface area contributed by atoms with Crippen molar-refractivity contribution in [2.24, 2.45) is 0 Å². The van der Waals surface area contributed by atoms with Crippen LogP contribution in [0, 0.1) is 0 Å². The zero-order valence-corrected chi connectivity index (χ0v) is 12.1. The number of rotatable bonds is 5. The second-order valence-corrected chi connectivity index (χ2v) is 6.48. The third-order valence-corrected chi connectivity index (χ3v) is 4.14. The minimum Gasteiger partial charge on any atom is -0.482 e. The van der Waals surface area contributed by atoms with Crippen molar-refractivity contribution in [1.29, 1.82) is 0 Å². The first-order chi connectivity index (χ1) is 9.77. The summed E-state index contributed by atoms with van der Waals surface area (Å²) in [6.07, 6.45) is -0.523. The number of nitrogens with one attached hydrogen (secondary N) is 2. The van der Waals surface area contributed by atoms with Crippen molar-refractivity contribution in [3.8, 4) is 5.75 Å². The Morgan fingerprint density at radius 3 is 2.86 bits per heavy atom. The highest BCUT2D eigenvalue weighted by molar-refractivity contribution is 7.92. The van der Waals surface area contributed by atoms with Gasteiger partial charge in [0.25, 0.3) is 5.91 Å². The lowest BCUT2D eigenvalue weighted by Crippen LogP contribution is -2.25. The molecule has 0 fully saturated rings. The maximum Gasteiger partial charge on any atom is 0.304 e. The van der Waals surface area contributed by atoms with Crippen molar-refractivity contribution < 1.29 is 27.9 Å². The van der Waals surface area contributed by atoms with Crippen molar-refractivity contribution in [2.45, 2.75) is 6.42 Å². The maximum absolute atomic E-state index is 11.7. The Hall–Kier alpha value is -2.00. The van der Waals surface area contributed by atoms with Gasteiger partial charge in [-0.3, -0.25) is 14.3 Å². The highest BCUT2D eigenvalue weighted by Crippen LogP contribution is 2.36. The van der Waals surface area contributed by atoms with Crippen molar-refractivity contribution in [3.05, 3.63) is 17.2 Å². The number of benzene rings is 1. The zero-order valence-electron chi connectivity index (χ0n) is 10.6. The van der Waals surface area contributed by atoms with E-state index >= 15 is 0 Å². The smallest absolute Gasteiger partial charge is 0.304 e. The van der Waals surface area contributed by atoms with Crippen molar-refractivity contribution >= 4 is 44.9 Å². The quantitative estimate of drug-likeness (QED) is 0.735. The molecule has 3 N–H and O–H groups in total. The lowest BCUT2D eigenvalue weighted by Gasteiger charge is -2.19. The number of ether oxygens (including phenoxy) is 1. The van der Waals surface area contributed by atoms with E-state index in [1.165, 1.54) is 12.1 Å². The van der Waals surface area contributed by atoms with Gasteiger partial charge in [-0.25, -0.2) is 8.42 Å². The van der Waals surface area contributed by atoms with Crippen LogP contribution in [0.4, 0.5) is 11.4 Å². The van der Waals surface area contributed by atoms with Crippen LogP contribution in [0.25, 0.3) is 0 Å². The Balaban J connectivity index is 2.21. The van der Waals surface area contributed by atoms with Crippen LogP contribution < -0.4 is 14.8 Å². The molecule has 0 saturated carbocycles. The van der Waals surface area contributed by atoms with Gasteiger partial charge in [-0.15, -0.1) is 0 Å². The van der Waals surface area contributed by atoms with E-state index in [4.69, 9.17) is 21.4 Å². The summed E-state index contributed by atoms with van der Waals surface area (Å²) in [5.41, 5.74) is 0.390. The van der Waals surface area contributed by atoms with Crippen LogP contribution >= 0.6 is 11.6 Å². The highest BCUT2D eigenvalue weighted by atomic mass is 35.5. The van der Waals surface area contributed by atoms with Crippen molar-refractivity contribution in [2.75, 3.05) is 22.4 Å². The number of carbonyl (C=O) groups excluding carboxylic acids is 1. The standard InChI is InChI=1S/C11H11ClN2O6S/c12-6-3-8-9(20-5-10(15)13-8)4-7(6)14-21(18,19)2-1-11(16)17/h3-4,14H,1-2,5H2,(H,13,15)(H,16,17). The van der Waals surface area contributed by atoms with Gasteiger partial charge in [0.15, 0.2) is 6.61 Å². The van der Waals surface area contributed by atoms with Crippen LogP contribution in [0.2, 0.25) is 5.02 Å². The number of aliphatic carboxylic acids is 1. The van der Waals surface area contributed by atoms with E-state index in [-0.39, 0.29) is 29.0 Å². The molecule has 0 saturated heterocycles. The van der Waals surface area contributed by atoms with Gasteiger partial charge in [0.1, 0.15) is 5.75 Å². The molecule has 0 radical (unpaired) electrons. The van der Waals surface area contributed by atoms with Gasteiger partial charge in [-0.05, 0) is 6.07 Å². The minimum atomic E-state index is -3.85. The van der Waals surface area contributed by atoms with Crippen molar-refractivity contribution in [1.82, 2.24) is 0 Å². The summed E-state index contributed by atoms with van der Waals surface area (Å²) in [4.78, 5) is 21.6. The van der Waals surface area contributed by atoms with Gasteiger partial charge < -0.3 is 15.2 Å². The summed E-state index contributed by atoms with van der Waals surface area (Å²) in [6, 6.07) is 2.68. The Kier molecular flexibility index (Phi) is 4.24. The SMILES string of the molecule is O=C(O)CCS(=O)(=O)Nc1cc2c(cc1Cl)NC(=O)CO2. The first kappa shape index (κ1) is 15.4. The predicted molar refractivity (Wildman–Crippen MR) is 75.2 cm³/mol. The van der Waals surface area contributed by atoms with E-state index in [9.17, 15) is 18.0 Å².